The summed E-state index contributed by atoms with van der Waals surface area (Å²) >= 11 is 1.46. The van der Waals surface area contributed by atoms with Crippen LogP contribution < -0.4 is 5.32 Å². The Morgan fingerprint density at radius 1 is 1.19 bits per heavy atom. The molecule has 1 aromatic carbocycles. The predicted molar refractivity (Wildman–Crippen MR) is 108 cm³/mol. The Morgan fingerprint density at radius 3 is 2.63 bits per heavy atom. The van der Waals surface area contributed by atoms with E-state index < -0.39 is 0 Å². The Balaban J connectivity index is 1.45. The van der Waals surface area contributed by atoms with Gasteiger partial charge in [-0.15, -0.1) is 5.10 Å². The fourth-order valence-electron chi connectivity index (χ4n) is 3.76. The maximum Gasteiger partial charge on any atom is 0.233 e. The van der Waals surface area contributed by atoms with Gasteiger partial charge in [-0.2, -0.15) is 0 Å². The molecular weight excluding hydrogens is 356 g/mol. The van der Waals surface area contributed by atoms with Gasteiger partial charge in [0.1, 0.15) is 5.82 Å². The van der Waals surface area contributed by atoms with Gasteiger partial charge in [-0.25, -0.2) is 9.67 Å². The zero-order chi connectivity index (χ0) is 18.8. The average molecular weight is 385 g/mol. The smallest absolute Gasteiger partial charge is 0.233 e. The summed E-state index contributed by atoms with van der Waals surface area (Å²) in [7, 11) is 0. The lowest BCUT2D eigenvalue weighted by molar-refractivity contribution is -0.121. The molecule has 0 spiro atoms. The van der Waals surface area contributed by atoms with Gasteiger partial charge in [0, 0.05) is 12.0 Å². The van der Waals surface area contributed by atoms with Crippen LogP contribution in [0, 0.1) is 5.92 Å². The summed E-state index contributed by atoms with van der Waals surface area (Å²) in [5, 5.41) is 8.47. The van der Waals surface area contributed by atoms with E-state index in [1.807, 2.05) is 29.8 Å². The summed E-state index contributed by atoms with van der Waals surface area (Å²) in [6, 6.07) is 10.5. The van der Waals surface area contributed by atoms with E-state index in [0.717, 1.165) is 17.9 Å². The van der Waals surface area contributed by atoms with Crippen molar-refractivity contribution in [3.63, 3.8) is 0 Å². The van der Waals surface area contributed by atoms with Crippen LogP contribution in [0.3, 0.4) is 0 Å². The molecule has 1 N–H and O–H groups in total. The first-order valence-corrected chi connectivity index (χ1v) is 11.0. The largest absolute Gasteiger partial charge is 0.352 e. The average Bonchev–Trinajstić information content (AvgIpc) is 3.44. The highest BCUT2D eigenvalue weighted by atomic mass is 32.2. The summed E-state index contributed by atoms with van der Waals surface area (Å²) in [5.74, 6) is 2.19. The molecule has 2 fully saturated rings. The Morgan fingerprint density at radius 2 is 1.93 bits per heavy atom. The van der Waals surface area contributed by atoms with Gasteiger partial charge in [0.2, 0.25) is 11.1 Å². The molecule has 3 atom stereocenters. The van der Waals surface area contributed by atoms with Crippen molar-refractivity contribution in [3.8, 4) is 5.69 Å². The lowest BCUT2D eigenvalue weighted by Gasteiger charge is -2.30. The van der Waals surface area contributed by atoms with Crippen LogP contribution in [-0.2, 0) is 4.79 Å². The first-order valence-electron chi connectivity index (χ1n) is 10.1. The van der Waals surface area contributed by atoms with Crippen molar-refractivity contribution in [3.05, 3.63) is 36.2 Å². The van der Waals surface area contributed by atoms with Crippen LogP contribution in [0.2, 0.25) is 0 Å². The lowest BCUT2D eigenvalue weighted by Crippen LogP contribution is -2.44. The predicted octanol–water partition coefficient (Wildman–Crippen LogP) is 4.32. The summed E-state index contributed by atoms with van der Waals surface area (Å²) in [6.07, 6.45) is 7.14. The zero-order valence-corrected chi connectivity index (χ0v) is 16.9. The van der Waals surface area contributed by atoms with E-state index in [0.29, 0.717) is 23.0 Å². The van der Waals surface area contributed by atoms with Crippen LogP contribution in [0.5, 0.6) is 0 Å². The van der Waals surface area contributed by atoms with Crippen LogP contribution in [0.4, 0.5) is 0 Å². The highest BCUT2D eigenvalue weighted by Crippen LogP contribution is 2.40. The second kappa shape index (κ2) is 8.05. The van der Waals surface area contributed by atoms with E-state index in [4.69, 9.17) is 10.1 Å². The maximum atomic E-state index is 12.7. The third kappa shape index (κ3) is 4.37. The number of para-hydroxylation sites is 1. The summed E-state index contributed by atoms with van der Waals surface area (Å²) in [4.78, 5) is 17.4. The van der Waals surface area contributed by atoms with E-state index in [1.165, 1.54) is 43.9 Å². The standard InChI is InChI=1S/C21H28N4OS/c1-14-8-6-7-11-18(14)22-20(26)15(2)27-21-23-19(16-12-13-16)25(24-21)17-9-4-3-5-10-17/h3-5,9-10,14-16,18H,6-8,11-13H2,1-2H3,(H,22,26)/t14-,15+,18-/m0/s1. The molecule has 2 aliphatic carbocycles. The van der Waals surface area contributed by atoms with E-state index in [2.05, 4.69) is 24.4 Å². The number of nitrogens with one attached hydrogen (secondary N) is 1. The van der Waals surface area contributed by atoms with Gasteiger partial charge in [0.05, 0.1) is 10.9 Å². The lowest BCUT2D eigenvalue weighted by atomic mass is 9.86. The minimum Gasteiger partial charge on any atom is -0.352 e. The van der Waals surface area contributed by atoms with E-state index in [1.54, 1.807) is 0 Å². The summed E-state index contributed by atoms with van der Waals surface area (Å²) in [6.45, 7) is 4.19. The molecule has 27 heavy (non-hydrogen) atoms. The number of rotatable bonds is 6. The van der Waals surface area contributed by atoms with Crippen molar-refractivity contribution < 1.29 is 4.79 Å². The molecule has 0 radical (unpaired) electrons. The minimum atomic E-state index is -0.196. The van der Waals surface area contributed by atoms with Crippen molar-refractivity contribution in [1.82, 2.24) is 20.1 Å². The Bertz CT molecular complexity index is 787. The summed E-state index contributed by atoms with van der Waals surface area (Å²) < 4.78 is 1.95. The highest BCUT2D eigenvalue weighted by Gasteiger charge is 2.31. The Labute approximate surface area is 165 Å². The molecule has 4 rings (SSSR count). The molecule has 0 saturated heterocycles. The molecular formula is C21H28N4OS. The van der Waals surface area contributed by atoms with Crippen molar-refractivity contribution in [2.45, 2.75) is 74.7 Å². The third-order valence-electron chi connectivity index (χ3n) is 5.65. The normalized spacial score (nSPS) is 23.8. The van der Waals surface area contributed by atoms with Crippen LogP contribution in [0.1, 0.15) is 64.1 Å². The van der Waals surface area contributed by atoms with E-state index in [9.17, 15) is 4.79 Å². The maximum absolute atomic E-state index is 12.7. The highest BCUT2D eigenvalue weighted by molar-refractivity contribution is 8.00. The molecule has 1 heterocycles. The van der Waals surface area contributed by atoms with Crippen LogP contribution in [0.25, 0.3) is 5.69 Å². The van der Waals surface area contributed by atoms with Gasteiger partial charge < -0.3 is 5.32 Å². The van der Waals surface area contributed by atoms with Crippen LogP contribution >= 0.6 is 11.8 Å². The quantitative estimate of drug-likeness (QED) is 0.754. The molecule has 2 aromatic rings. The second-order valence-corrected chi connectivity index (χ2v) is 9.22. The number of nitrogens with zero attached hydrogens (tertiary/aromatic N) is 3. The minimum absolute atomic E-state index is 0.0998. The number of hydrogen-bond donors (Lipinski definition) is 1. The van der Waals surface area contributed by atoms with Crippen molar-refractivity contribution >= 4 is 17.7 Å². The van der Waals surface area contributed by atoms with Gasteiger partial charge in [-0.3, -0.25) is 4.79 Å². The van der Waals surface area contributed by atoms with Gasteiger partial charge in [-0.1, -0.05) is 49.7 Å². The third-order valence-corrected chi connectivity index (χ3v) is 6.60. The van der Waals surface area contributed by atoms with Crippen molar-refractivity contribution in [1.29, 1.82) is 0 Å². The molecule has 0 unspecified atom stereocenters. The van der Waals surface area contributed by atoms with Crippen molar-refractivity contribution in [2.24, 2.45) is 5.92 Å². The second-order valence-electron chi connectivity index (χ2n) is 7.91. The molecule has 0 bridgehead atoms. The molecule has 1 aromatic heterocycles. The SMILES string of the molecule is C[C@@H](Sc1nc(C2CC2)n(-c2ccccc2)n1)C(=O)N[C@H]1CCCC[C@@H]1C. The molecule has 2 saturated carbocycles. The van der Waals surface area contributed by atoms with E-state index >= 15 is 0 Å². The fourth-order valence-corrected chi connectivity index (χ4v) is 4.53. The van der Waals surface area contributed by atoms with Crippen molar-refractivity contribution in [2.75, 3.05) is 0 Å². The number of carbonyl (C=O) groups is 1. The first kappa shape index (κ1) is 18.5. The van der Waals surface area contributed by atoms with Gasteiger partial charge in [0.15, 0.2) is 0 Å². The Kier molecular flexibility index (Phi) is 5.53. The van der Waals surface area contributed by atoms with E-state index in [-0.39, 0.29) is 11.2 Å². The van der Waals surface area contributed by atoms with Gasteiger partial charge in [0.25, 0.3) is 0 Å². The molecule has 5 nitrogen and oxygen atoms in total. The van der Waals surface area contributed by atoms with Gasteiger partial charge in [-0.05, 0) is 50.7 Å². The molecule has 144 valence electrons. The van der Waals surface area contributed by atoms with Crippen LogP contribution in [-0.4, -0.2) is 32.0 Å². The monoisotopic (exact) mass is 384 g/mol. The number of benzene rings is 1. The zero-order valence-electron chi connectivity index (χ0n) is 16.1. The number of thioether (sulfide) groups is 1. The first-order chi connectivity index (χ1) is 13.1. The number of hydrogen-bond acceptors (Lipinski definition) is 4. The number of carbonyl (C=O) groups excluding carboxylic acids is 1. The molecule has 2 aliphatic rings. The van der Waals surface area contributed by atoms with Crippen LogP contribution in [0.15, 0.2) is 35.5 Å². The van der Waals surface area contributed by atoms with Gasteiger partial charge >= 0.3 is 0 Å². The molecule has 1 amide bonds. The fraction of sp³-hybridized carbons (Fsp3) is 0.571. The Hall–Kier alpha value is -1.82. The summed E-state index contributed by atoms with van der Waals surface area (Å²) in [5.41, 5.74) is 1.03. The topological polar surface area (TPSA) is 59.8 Å². The number of aromatic nitrogens is 3. The number of amides is 1. The molecule has 0 aliphatic heterocycles. The molecule has 6 heteroatoms.